The van der Waals surface area contributed by atoms with Gasteiger partial charge in [0.15, 0.2) is 0 Å². The van der Waals surface area contributed by atoms with E-state index in [1.165, 1.54) is 9.91 Å². The molecule has 6 heterocycles. The number of phenols is 1. The molecule has 0 saturated carbocycles. The Morgan fingerprint density at radius 1 is 1.03 bits per heavy atom. The minimum Gasteiger partial charge on any atom is -0.508 e. The van der Waals surface area contributed by atoms with E-state index in [9.17, 15) is 24.3 Å². The molecule has 3 N–H and O–H groups in total. The average molecular weight is 1000 g/mol. The van der Waals surface area contributed by atoms with Crippen LogP contribution < -0.4 is 10.7 Å². The number of likely N-dealkylation sites (N-methyl/N-ethyl adjacent to an activating group) is 1. The summed E-state index contributed by atoms with van der Waals surface area (Å²) >= 11 is 0. The van der Waals surface area contributed by atoms with Crippen molar-refractivity contribution in [3.8, 4) is 28.1 Å². The number of hydrogen-bond donors (Lipinski definition) is 3. The largest absolute Gasteiger partial charge is 0.508 e. The quantitative estimate of drug-likeness (QED) is 0.132. The molecule has 5 aliphatic rings. The molecular formula is C56H72N8O9. The highest BCUT2D eigenvalue weighted by molar-refractivity contribution is 5.98. The van der Waals surface area contributed by atoms with E-state index in [0.717, 1.165) is 52.1 Å². The number of aromatic nitrogens is 2. The van der Waals surface area contributed by atoms with Gasteiger partial charge in [-0.15, -0.1) is 0 Å². The van der Waals surface area contributed by atoms with E-state index < -0.39 is 52.8 Å². The van der Waals surface area contributed by atoms with E-state index in [4.69, 9.17) is 19.2 Å². The molecule has 1 aliphatic carbocycles. The second-order valence-corrected chi connectivity index (χ2v) is 21.8. The number of nitrogens with zero attached hydrogens (tertiary/aromatic N) is 6. The predicted molar refractivity (Wildman–Crippen MR) is 276 cm³/mol. The third kappa shape index (κ3) is 10.1. The molecule has 6 atom stereocenters. The summed E-state index contributed by atoms with van der Waals surface area (Å²) in [6.45, 7) is 16.8. The molecular weight excluding hydrogens is 929 g/mol. The van der Waals surface area contributed by atoms with Gasteiger partial charge in [-0.25, -0.2) is 5.43 Å². The number of hydrazine groups is 1. The Kier molecular flexibility index (Phi) is 14.9. The summed E-state index contributed by atoms with van der Waals surface area (Å²) in [4.78, 5) is 82.1. The monoisotopic (exact) mass is 1000 g/mol. The van der Waals surface area contributed by atoms with E-state index >= 15 is 4.79 Å². The van der Waals surface area contributed by atoms with Gasteiger partial charge < -0.3 is 39.0 Å². The van der Waals surface area contributed by atoms with Gasteiger partial charge in [0, 0.05) is 106 Å². The van der Waals surface area contributed by atoms with Gasteiger partial charge in [0.2, 0.25) is 17.7 Å². The lowest BCUT2D eigenvalue weighted by Gasteiger charge is -2.43. The first-order chi connectivity index (χ1) is 34.9. The van der Waals surface area contributed by atoms with E-state index in [1.54, 1.807) is 50.4 Å². The fraction of sp³-hybridized carbons (Fsp3) is 0.536. The second kappa shape index (κ2) is 21.0. The zero-order valence-electron chi connectivity index (χ0n) is 43.6. The number of aromatic hydroxyl groups is 1. The molecule has 2 aromatic carbocycles. The van der Waals surface area contributed by atoms with Gasteiger partial charge in [-0.05, 0) is 97.7 Å². The molecule has 2 aromatic heterocycles. The third-order valence-corrected chi connectivity index (χ3v) is 15.8. The number of pyridine rings is 1. The summed E-state index contributed by atoms with van der Waals surface area (Å²) < 4.78 is 20.4. The average Bonchev–Trinajstić information content (AvgIpc) is 4.00. The number of fused-ring (bicyclic) bond motifs is 8. The van der Waals surface area contributed by atoms with Gasteiger partial charge in [-0.1, -0.05) is 45.9 Å². The topological polar surface area (TPSA) is 188 Å². The van der Waals surface area contributed by atoms with Crippen LogP contribution in [0.5, 0.6) is 5.75 Å². The number of likely N-dealkylation sites (tertiary alicyclic amines) is 1. The summed E-state index contributed by atoms with van der Waals surface area (Å²) in [6, 6.07) is 13.7. The maximum atomic E-state index is 15.2. The summed E-state index contributed by atoms with van der Waals surface area (Å²) in [5, 5.41) is 17.0. The molecule has 17 heteroatoms. The van der Waals surface area contributed by atoms with Gasteiger partial charge in [0.1, 0.15) is 29.5 Å². The number of carbonyl (C=O) groups is 5. The number of benzene rings is 2. The molecule has 17 nitrogen and oxygen atoms in total. The number of methoxy groups -OCH3 is 1. The first kappa shape index (κ1) is 51.7. The van der Waals surface area contributed by atoms with E-state index in [2.05, 4.69) is 59.2 Å². The lowest BCUT2D eigenvalue weighted by atomic mass is 9.67. The maximum absolute atomic E-state index is 15.2. The number of ether oxygens (including phenoxy) is 3. The Balaban J connectivity index is 1.05. The van der Waals surface area contributed by atoms with Crippen molar-refractivity contribution in [1.29, 1.82) is 0 Å². The second-order valence-electron chi connectivity index (χ2n) is 21.8. The molecule has 2 unspecified atom stereocenters. The number of hydrogen-bond acceptors (Lipinski definition) is 12. The molecule has 73 heavy (non-hydrogen) atoms. The van der Waals surface area contributed by atoms with Gasteiger partial charge in [-0.2, -0.15) is 0 Å². The molecule has 4 amide bonds. The van der Waals surface area contributed by atoms with Crippen molar-refractivity contribution in [2.75, 3.05) is 73.2 Å². The molecule has 4 aromatic rings. The van der Waals surface area contributed by atoms with Crippen molar-refractivity contribution in [2.24, 2.45) is 17.3 Å². The van der Waals surface area contributed by atoms with Gasteiger partial charge in [0.25, 0.3) is 5.91 Å². The lowest BCUT2D eigenvalue weighted by Crippen LogP contribution is -2.67. The Morgan fingerprint density at radius 3 is 2.55 bits per heavy atom. The number of cyclic esters (lactones) is 1. The summed E-state index contributed by atoms with van der Waals surface area (Å²) in [6.07, 6.45) is 6.04. The zero-order valence-corrected chi connectivity index (χ0v) is 43.6. The van der Waals surface area contributed by atoms with Gasteiger partial charge in [-0.3, -0.25) is 38.9 Å². The van der Waals surface area contributed by atoms with Crippen LogP contribution in [0.15, 0.2) is 66.9 Å². The molecule has 0 radical (unpaired) electrons. The van der Waals surface area contributed by atoms with Crippen LogP contribution in [0, 0.1) is 17.3 Å². The fourth-order valence-electron chi connectivity index (χ4n) is 12.1. The Labute approximate surface area is 428 Å². The van der Waals surface area contributed by atoms with Crippen molar-refractivity contribution in [1.82, 2.24) is 40.0 Å². The predicted octanol–water partition coefficient (Wildman–Crippen LogP) is 5.60. The van der Waals surface area contributed by atoms with Crippen LogP contribution >= 0.6 is 0 Å². The van der Waals surface area contributed by atoms with E-state index in [1.807, 2.05) is 38.1 Å². The minimum absolute atomic E-state index is 0.0179. The first-order valence-corrected chi connectivity index (χ1v) is 26.0. The van der Waals surface area contributed by atoms with Crippen LogP contribution in [0.3, 0.4) is 0 Å². The molecule has 390 valence electrons. The van der Waals surface area contributed by atoms with Crippen LogP contribution in [0.25, 0.3) is 33.3 Å². The highest BCUT2D eigenvalue weighted by Crippen LogP contribution is 2.57. The number of amides is 4. The van der Waals surface area contributed by atoms with E-state index in [0.29, 0.717) is 63.2 Å². The van der Waals surface area contributed by atoms with E-state index in [-0.39, 0.29) is 55.5 Å². The SMILES string of the molecule is CCn1c2c3c4cc(ccc41)-c1cc(O)cc(c1)CC(C)(NC(=O)[C@H](C(C)C)N(C)C(=O)[C@H]1CCN(C(=O)/C=C/CN4CCOCC4)C1)C(=O)N1CCC[C@H](N1)C(=O)OCC(C)(C)C3[C@H](OC)c1ncccc1-2. The number of esters is 1. The van der Waals surface area contributed by atoms with Crippen molar-refractivity contribution in [2.45, 2.75) is 103 Å². The standard InChI is InChI=1S/C56H72N8O9/c1-9-63-43-17-16-36-30-41(43)45-46(50(71-8)47-40(49(45)63)13-10-19-57-47)55(4,5)33-73-53(69)42-14-11-21-64(59-42)54(70)56(6,31-35-27-38(36)29-39(65)28-35)58-51(67)48(34(2)3)60(7)52(68)37-18-22-62(32-37)44(66)15-12-20-61-23-25-72-26-24-61/h10,12-13,15-17,19,27-30,34,37,42,46,48,50,59,65H,9,11,14,18,20-26,31-33H2,1-8H3,(H,58,67)/b15-12+/t37-,42-,46?,48-,50-,56?/m0/s1. The van der Waals surface area contributed by atoms with Crippen LogP contribution in [0.1, 0.15) is 89.6 Å². The number of nitrogens with one attached hydrogen (secondary N) is 2. The van der Waals surface area contributed by atoms with Gasteiger partial charge in [0.05, 0.1) is 37.1 Å². The molecule has 0 spiro atoms. The Bertz CT molecular complexity index is 2800. The van der Waals surface area contributed by atoms with Crippen molar-refractivity contribution < 1.29 is 43.3 Å². The fourth-order valence-corrected chi connectivity index (χ4v) is 12.1. The third-order valence-electron chi connectivity index (χ3n) is 15.8. The normalized spacial score (nSPS) is 24.8. The highest BCUT2D eigenvalue weighted by Gasteiger charge is 2.49. The van der Waals surface area contributed by atoms with Crippen LogP contribution in [0.2, 0.25) is 0 Å². The highest BCUT2D eigenvalue weighted by atomic mass is 16.5. The van der Waals surface area contributed by atoms with Crippen LogP contribution in [-0.2, 0) is 51.1 Å². The first-order valence-electron chi connectivity index (χ1n) is 26.0. The summed E-state index contributed by atoms with van der Waals surface area (Å²) in [5.41, 5.74) is 7.83. The summed E-state index contributed by atoms with van der Waals surface area (Å²) in [7, 11) is 3.30. The molecule has 6 bridgehead atoms. The van der Waals surface area contributed by atoms with Gasteiger partial charge >= 0.3 is 5.97 Å². The van der Waals surface area contributed by atoms with Crippen LogP contribution in [-0.4, -0.2) is 155 Å². The zero-order chi connectivity index (χ0) is 51.9. The smallest absolute Gasteiger partial charge is 0.324 e. The number of carbonyl (C=O) groups excluding carboxylic acids is 5. The number of morpholine rings is 1. The summed E-state index contributed by atoms with van der Waals surface area (Å²) in [5.74, 6) is -3.17. The molecule has 3 saturated heterocycles. The van der Waals surface area contributed by atoms with Crippen molar-refractivity contribution in [3.63, 3.8) is 0 Å². The molecule has 4 aliphatic heterocycles. The lowest BCUT2D eigenvalue weighted by molar-refractivity contribution is -0.158. The maximum Gasteiger partial charge on any atom is 0.324 e. The number of phenolic OH excluding ortho intramolecular Hbond substituents is 1. The van der Waals surface area contributed by atoms with Crippen LogP contribution in [0.4, 0.5) is 0 Å². The Hall–Kier alpha value is -6.14. The number of rotatable bonds is 10. The van der Waals surface area contributed by atoms with Crippen molar-refractivity contribution >= 4 is 40.5 Å². The number of aryl methyl sites for hydroxylation is 1. The Morgan fingerprint density at radius 2 is 1.81 bits per heavy atom. The molecule has 9 rings (SSSR count). The molecule has 3 fully saturated rings. The minimum atomic E-state index is -1.65. The van der Waals surface area contributed by atoms with Crippen molar-refractivity contribution in [3.05, 3.63) is 83.7 Å².